The van der Waals surface area contributed by atoms with E-state index in [1.165, 1.54) is 0 Å². The minimum absolute atomic E-state index is 0.164. The number of benzene rings is 2. The molecule has 0 radical (unpaired) electrons. The lowest BCUT2D eigenvalue weighted by Gasteiger charge is -2.36. The highest BCUT2D eigenvalue weighted by atomic mass is 19.4. The molecule has 0 fully saturated rings. The summed E-state index contributed by atoms with van der Waals surface area (Å²) in [5.41, 5.74) is -0.0510. The van der Waals surface area contributed by atoms with E-state index in [1.54, 1.807) is 0 Å². The second kappa shape index (κ2) is 7.13. The molecule has 1 aliphatic rings. The van der Waals surface area contributed by atoms with Crippen LogP contribution in [-0.2, 0) is 17.1 Å². The molecule has 12 heteroatoms. The van der Waals surface area contributed by atoms with Crippen LogP contribution in [0, 0.1) is 0 Å². The Morgan fingerprint density at radius 1 is 0.933 bits per heavy atom. The van der Waals surface area contributed by atoms with E-state index in [1.807, 2.05) is 0 Å². The summed E-state index contributed by atoms with van der Waals surface area (Å²) in [4.78, 5) is 12.7. The van der Waals surface area contributed by atoms with Crippen LogP contribution in [0.3, 0.4) is 0 Å². The van der Waals surface area contributed by atoms with Gasteiger partial charge in [-0.05, 0) is 42.5 Å². The first-order chi connectivity index (χ1) is 13.8. The largest absolute Gasteiger partial charge is 0.504 e. The van der Waals surface area contributed by atoms with Crippen LogP contribution >= 0.6 is 0 Å². The second-order valence-electron chi connectivity index (χ2n) is 6.12. The van der Waals surface area contributed by atoms with Gasteiger partial charge in [-0.3, -0.25) is 10.2 Å². The highest BCUT2D eigenvalue weighted by Crippen LogP contribution is 2.35. The highest BCUT2D eigenvalue weighted by molar-refractivity contribution is 6.00. The van der Waals surface area contributed by atoms with Gasteiger partial charge in [-0.1, -0.05) is 6.07 Å². The minimum Gasteiger partial charge on any atom is -0.504 e. The van der Waals surface area contributed by atoms with Crippen LogP contribution in [0.5, 0.6) is 5.75 Å². The molecule has 30 heavy (non-hydrogen) atoms. The molecule has 0 aromatic heterocycles. The first kappa shape index (κ1) is 21.3. The summed E-state index contributed by atoms with van der Waals surface area (Å²) in [6.45, 7) is 0. The molecular formula is C18H12F6N2O4. The van der Waals surface area contributed by atoms with Gasteiger partial charge in [0.1, 0.15) is 5.75 Å². The molecule has 2 aromatic rings. The number of hydrogen-bond acceptors (Lipinski definition) is 5. The van der Waals surface area contributed by atoms with E-state index in [9.17, 15) is 41.4 Å². The number of nitrogens with zero attached hydrogens (tertiary/aromatic N) is 1. The second-order valence-corrected chi connectivity index (χ2v) is 6.12. The van der Waals surface area contributed by atoms with Gasteiger partial charge in [-0.25, -0.2) is 5.01 Å². The maximum atomic E-state index is 12.9. The Labute approximate surface area is 164 Å². The lowest BCUT2D eigenvalue weighted by molar-refractivity contribution is -0.171. The van der Waals surface area contributed by atoms with Crippen LogP contribution in [-0.4, -0.2) is 21.9 Å². The quantitative estimate of drug-likeness (QED) is 0.507. The number of amides is 1. The fourth-order valence-corrected chi connectivity index (χ4v) is 2.54. The van der Waals surface area contributed by atoms with Gasteiger partial charge in [-0.15, -0.1) is 0 Å². The van der Waals surface area contributed by atoms with Crippen molar-refractivity contribution < 1.29 is 46.1 Å². The predicted molar refractivity (Wildman–Crippen MR) is 89.8 cm³/mol. The lowest BCUT2D eigenvalue weighted by atomic mass is 10.1. The number of nitrogens with one attached hydrogen (secondary N) is 1. The van der Waals surface area contributed by atoms with E-state index in [4.69, 9.17) is 4.74 Å². The number of ether oxygens (including phenoxy) is 1. The third-order valence-electron chi connectivity index (χ3n) is 4.05. The molecule has 0 saturated heterocycles. The molecule has 3 N–H and O–H groups in total. The molecule has 0 aliphatic carbocycles. The molecular weight excluding hydrogens is 422 g/mol. The van der Waals surface area contributed by atoms with Crippen molar-refractivity contribution in [3.05, 3.63) is 71.6 Å². The van der Waals surface area contributed by atoms with Crippen LogP contribution in [0.15, 0.2) is 60.5 Å². The Hall–Kier alpha value is -3.41. The van der Waals surface area contributed by atoms with Crippen LogP contribution in [0.4, 0.5) is 32.0 Å². The van der Waals surface area contributed by atoms with E-state index < -0.39 is 46.7 Å². The summed E-state index contributed by atoms with van der Waals surface area (Å²) in [5, 5.41) is 21.0. The lowest BCUT2D eigenvalue weighted by Crippen LogP contribution is -2.61. The molecule has 1 amide bonds. The number of rotatable bonds is 3. The van der Waals surface area contributed by atoms with Crippen molar-refractivity contribution in [1.29, 1.82) is 0 Å². The molecule has 3 rings (SSSR count). The number of hydrogen-bond donors (Lipinski definition) is 3. The van der Waals surface area contributed by atoms with Gasteiger partial charge >= 0.3 is 24.0 Å². The molecule has 1 heterocycles. The zero-order valence-corrected chi connectivity index (χ0v) is 14.6. The first-order valence-electron chi connectivity index (χ1n) is 8.08. The maximum absolute atomic E-state index is 12.9. The average molecular weight is 434 g/mol. The van der Waals surface area contributed by atoms with Gasteiger partial charge in [0.05, 0.1) is 23.0 Å². The summed E-state index contributed by atoms with van der Waals surface area (Å²) >= 11 is 0. The molecule has 0 saturated carbocycles. The van der Waals surface area contributed by atoms with E-state index in [-0.39, 0.29) is 5.69 Å². The number of anilines is 1. The minimum atomic E-state index is -4.73. The third-order valence-corrected chi connectivity index (χ3v) is 4.05. The van der Waals surface area contributed by atoms with Crippen molar-refractivity contribution in [2.75, 3.05) is 5.01 Å². The topological polar surface area (TPSA) is 82.0 Å². The Kier molecular flexibility index (Phi) is 5.06. The fraction of sp³-hybridized carbons (Fsp3) is 0.167. The highest BCUT2D eigenvalue weighted by Gasteiger charge is 2.50. The van der Waals surface area contributed by atoms with Gasteiger partial charge < -0.3 is 14.9 Å². The number of aliphatic hydroxyl groups excluding tert-OH is 1. The number of carbonyl (C=O) groups excluding carboxylic acids is 1. The molecule has 0 spiro atoms. The first-order valence-corrected chi connectivity index (χ1v) is 8.08. The van der Waals surface area contributed by atoms with Gasteiger partial charge in [-0.2, -0.15) is 26.3 Å². The van der Waals surface area contributed by atoms with Gasteiger partial charge in [0.15, 0.2) is 5.76 Å². The number of carbonyl (C=O) groups is 1. The molecule has 1 unspecified atom stereocenters. The predicted octanol–water partition coefficient (Wildman–Crippen LogP) is 3.74. The average Bonchev–Trinajstić information content (AvgIpc) is 2.66. The number of alkyl halides is 6. The zero-order chi connectivity index (χ0) is 22.3. The Morgan fingerprint density at radius 2 is 1.53 bits per heavy atom. The van der Waals surface area contributed by atoms with Crippen LogP contribution < -0.4 is 15.2 Å². The summed E-state index contributed by atoms with van der Waals surface area (Å²) in [6.07, 6.45) is -8.65. The molecule has 0 bridgehead atoms. The van der Waals surface area contributed by atoms with E-state index in [2.05, 4.69) is 5.43 Å². The Morgan fingerprint density at radius 3 is 2.10 bits per heavy atom. The molecule has 6 nitrogen and oxygen atoms in total. The van der Waals surface area contributed by atoms with Gasteiger partial charge in [0, 0.05) is 0 Å². The van der Waals surface area contributed by atoms with Crippen molar-refractivity contribution in [2.24, 2.45) is 0 Å². The SMILES string of the molecule is O=C1N(c2ccc(C(F)(F)F)cc2)NC=C(O)C1(O)Oc1cccc(C(F)(F)F)c1. The molecule has 1 aliphatic heterocycles. The zero-order valence-electron chi connectivity index (χ0n) is 14.6. The van der Waals surface area contributed by atoms with E-state index in [0.29, 0.717) is 29.4 Å². The van der Waals surface area contributed by atoms with E-state index >= 15 is 0 Å². The van der Waals surface area contributed by atoms with Gasteiger partial charge in [0.2, 0.25) is 0 Å². The van der Waals surface area contributed by atoms with Crippen molar-refractivity contribution in [1.82, 2.24) is 5.43 Å². The van der Waals surface area contributed by atoms with Crippen LogP contribution in [0.1, 0.15) is 11.1 Å². The number of aliphatic hydroxyl groups is 2. The molecule has 2 aromatic carbocycles. The van der Waals surface area contributed by atoms with Gasteiger partial charge in [0.25, 0.3) is 0 Å². The monoisotopic (exact) mass is 434 g/mol. The van der Waals surface area contributed by atoms with Crippen LogP contribution in [0.2, 0.25) is 0 Å². The standard InChI is InChI=1S/C18H12F6N2O4/c19-17(20,21)10-4-6-12(7-5-10)26-15(28)16(29,14(27)9-25-26)30-13-3-1-2-11(8-13)18(22,23)24/h1-9,25,27,29H. The summed E-state index contributed by atoms with van der Waals surface area (Å²) in [7, 11) is 0. The number of hydrazine groups is 1. The Bertz CT molecular complexity index is 987. The third kappa shape index (κ3) is 3.99. The summed E-state index contributed by atoms with van der Waals surface area (Å²) in [5.74, 6) is -6.19. The molecule has 1 atom stereocenters. The normalized spacial score (nSPS) is 19.9. The van der Waals surface area contributed by atoms with Crippen molar-refractivity contribution in [3.63, 3.8) is 0 Å². The Balaban J connectivity index is 1.91. The smallest absolute Gasteiger partial charge is 0.416 e. The van der Waals surface area contributed by atoms with Crippen molar-refractivity contribution in [3.8, 4) is 5.75 Å². The van der Waals surface area contributed by atoms with Crippen molar-refractivity contribution >= 4 is 11.6 Å². The van der Waals surface area contributed by atoms with Crippen molar-refractivity contribution in [2.45, 2.75) is 18.1 Å². The fourth-order valence-electron chi connectivity index (χ4n) is 2.54. The number of halogens is 6. The summed E-state index contributed by atoms with van der Waals surface area (Å²) < 4.78 is 81.6. The van der Waals surface area contributed by atoms with E-state index in [0.717, 1.165) is 30.3 Å². The maximum Gasteiger partial charge on any atom is 0.416 e. The molecule has 160 valence electrons. The van der Waals surface area contributed by atoms with Crippen LogP contribution in [0.25, 0.3) is 0 Å². The summed E-state index contributed by atoms with van der Waals surface area (Å²) in [6, 6.07) is 6.38.